The Hall–Kier alpha value is -2.17. The number of rotatable bonds is 3. The first-order chi connectivity index (χ1) is 9.40. The minimum Gasteiger partial charge on any atom is -0.494 e. The van der Waals surface area contributed by atoms with Crippen molar-refractivity contribution < 1.29 is 9.13 Å². The summed E-state index contributed by atoms with van der Waals surface area (Å²) in [4.78, 5) is 8.30. The van der Waals surface area contributed by atoms with Crippen LogP contribution in [0.4, 0.5) is 10.1 Å². The lowest BCUT2D eigenvalue weighted by atomic mass is 10.1. The van der Waals surface area contributed by atoms with Gasteiger partial charge in [0.05, 0.1) is 18.4 Å². The van der Waals surface area contributed by atoms with Gasteiger partial charge in [-0.1, -0.05) is 0 Å². The average molecular weight is 275 g/mol. The lowest BCUT2D eigenvalue weighted by Gasteiger charge is -2.24. The van der Waals surface area contributed by atoms with Gasteiger partial charge < -0.3 is 10.1 Å². The summed E-state index contributed by atoms with van der Waals surface area (Å²) in [6.45, 7) is 5.99. The van der Waals surface area contributed by atoms with Gasteiger partial charge in [-0.2, -0.15) is 0 Å². The van der Waals surface area contributed by atoms with E-state index >= 15 is 0 Å². The zero-order valence-electron chi connectivity index (χ0n) is 12.1. The quantitative estimate of drug-likeness (QED) is 0.931. The highest BCUT2D eigenvalue weighted by Crippen LogP contribution is 2.37. The number of hydrogen-bond donors (Lipinski definition) is 1. The van der Waals surface area contributed by atoms with Crippen LogP contribution >= 0.6 is 0 Å². The summed E-state index contributed by atoms with van der Waals surface area (Å²) in [5.41, 5.74) is 0.901. The van der Waals surface area contributed by atoms with Crippen LogP contribution in [0.1, 0.15) is 20.8 Å². The van der Waals surface area contributed by atoms with E-state index in [1.807, 2.05) is 20.8 Å². The second-order valence-corrected chi connectivity index (χ2v) is 5.48. The fraction of sp³-hybridized carbons (Fsp3) is 0.333. The van der Waals surface area contributed by atoms with Crippen LogP contribution in [0.15, 0.2) is 30.6 Å². The maximum atomic E-state index is 13.9. The number of ether oxygens (including phenoxy) is 1. The van der Waals surface area contributed by atoms with Gasteiger partial charge in [0.2, 0.25) is 0 Å². The van der Waals surface area contributed by atoms with Gasteiger partial charge >= 0.3 is 0 Å². The first-order valence-corrected chi connectivity index (χ1v) is 6.34. The molecule has 4 nitrogen and oxygen atoms in total. The fourth-order valence-electron chi connectivity index (χ4n) is 1.91. The lowest BCUT2D eigenvalue weighted by Crippen LogP contribution is -2.26. The molecule has 1 heterocycles. The Kier molecular flexibility index (Phi) is 3.88. The number of aromatic nitrogens is 2. The van der Waals surface area contributed by atoms with Crippen molar-refractivity contribution in [2.75, 3.05) is 12.4 Å². The molecule has 0 saturated carbocycles. The van der Waals surface area contributed by atoms with E-state index in [0.717, 1.165) is 0 Å². The number of anilines is 1. The number of halogens is 1. The summed E-state index contributed by atoms with van der Waals surface area (Å²) in [6, 6.07) is 4.50. The molecule has 2 rings (SSSR count). The maximum absolute atomic E-state index is 13.9. The monoisotopic (exact) mass is 275 g/mol. The highest BCUT2D eigenvalue weighted by molar-refractivity contribution is 5.75. The summed E-state index contributed by atoms with van der Waals surface area (Å²) < 4.78 is 19.3. The highest BCUT2D eigenvalue weighted by atomic mass is 19.1. The molecule has 1 aromatic carbocycles. The zero-order chi connectivity index (χ0) is 14.8. The summed E-state index contributed by atoms with van der Waals surface area (Å²) in [6.07, 6.45) is 3.23. The van der Waals surface area contributed by atoms with E-state index in [1.165, 1.54) is 12.1 Å². The van der Waals surface area contributed by atoms with Crippen LogP contribution in [0.5, 0.6) is 5.75 Å². The second-order valence-electron chi connectivity index (χ2n) is 5.48. The van der Waals surface area contributed by atoms with Crippen molar-refractivity contribution in [1.82, 2.24) is 9.97 Å². The van der Waals surface area contributed by atoms with E-state index in [2.05, 4.69) is 15.3 Å². The molecule has 2 aromatic rings. The van der Waals surface area contributed by atoms with Gasteiger partial charge in [-0.3, -0.25) is 0 Å². The SMILES string of the molecule is COc1c(NC(C)(C)C)cc(F)cc1-c1ncccn1. The molecule has 1 aromatic heterocycles. The Morgan fingerprint density at radius 1 is 1.15 bits per heavy atom. The Labute approximate surface area is 118 Å². The topological polar surface area (TPSA) is 47.0 Å². The van der Waals surface area contributed by atoms with Crippen molar-refractivity contribution in [3.63, 3.8) is 0 Å². The first-order valence-electron chi connectivity index (χ1n) is 6.34. The fourth-order valence-corrected chi connectivity index (χ4v) is 1.91. The number of nitrogens with zero attached hydrogens (tertiary/aromatic N) is 2. The number of nitrogens with one attached hydrogen (secondary N) is 1. The predicted octanol–water partition coefficient (Wildman–Crippen LogP) is 3.50. The van der Waals surface area contributed by atoms with Gasteiger partial charge in [0, 0.05) is 24.0 Å². The Morgan fingerprint density at radius 3 is 2.35 bits per heavy atom. The second kappa shape index (κ2) is 5.45. The van der Waals surface area contributed by atoms with Crippen molar-refractivity contribution >= 4 is 5.69 Å². The molecule has 0 atom stereocenters. The van der Waals surface area contributed by atoms with E-state index in [-0.39, 0.29) is 11.4 Å². The van der Waals surface area contributed by atoms with E-state index in [4.69, 9.17) is 4.74 Å². The van der Waals surface area contributed by atoms with Crippen LogP contribution in [0.25, 0.3) is 11.4 Å². The smallest absolute Gasteiger partial charge is 0.163 e. The van der Waals surface area contributed by atoms with Crippen LogP contribution in [0.3, 0.4) is 0 Å². The van der Waals surface area contributed by atoms with E-state index < -0.39 is 0 Å². The van der Waals surface area contributed by atoms with E-state index in [9.17, 15) is 4.39 Å². The number of benzene rings is 1. The molecule has 0 saturated heterocycles. The maximum Gasteiger partial charge on any atom is 0.163 e. The van der Waals surface area contributed by atoms with Crippen LogP contribution in [-0.4, -0.2) is 22.6 Å². The Balaban J connectivity index is 2.58. The molecule has 0 aliphatic carbocycles. The third kappa shape index (κ3) is 3.23. The molecule has 0 fully saturated rings. The van der Waals surface area contributed by atoms with Crippen LogP contribution in [-0.2, 0) is 0 Å². The van der Waals surface area contributed by atoms with Crippen LogP contribution < -0.4 is 10.1 Å². The first kappa shape index (κ1) is 14.2. The average Bonchev–Trinajstić information content (AvgIpc) is 2.37. The van der Waals surface area contributed by atoms with E-state index in [1.54, 1.807) is 25.6 Å². The van der Waals surface area contributed by atoms with Gasteiger partial charge in [0.15, 0.2) is 11.6 Å². The van der Waals surface area contributed by atoms with Gasteiger partial charge in [-0.15, -0.1) is 0 Å². The molecule has 5 heteroatoms. The normalized spacial score (nSPS) is 11.2. The zero-order valence-corrected chi connectivity index (χ0v) is 12.1. The van der Waals surface area contributed by atoms with Gasteiger partial charge in [-0.05, 0) is 32.9 Å². The molecule has 0 aliphatic rings. The van der Waals surface area contributed by atoms with Gasteiger partial charge in [-0.25, -0.2) is 14.4 Å². The minimum atomic E-state index is -0.361. The molecule has 1 N–H and O–H groups in total. The molecule has 20 heavy (non-hydrogen) atoms. The van der Waals surface area contributed by atoms with Crippen molar-refractivity contribution in [3.8, 4) is 17.1 Å². The molecule has 0 spiro atoms. The Morgan fingerprint density at radius 2 is 1.80 bits per heavy atom. The minimum absolute atomic E-state index is 0.212. The lowest BCUT2D eigenvalue weighted by molar-refractivity contribution is 0.415. The van der Waals surface area contributed by atoms with Gasteiger partial charge in [0.1, 0.15) is 5.82 Å². The summed E-state index contributed by atoms with van der Waals surface area (Å²) in [5, 5.41) is 3.23. The number of methoxy groups -OCH3 is 1. The molecule has 0 amide bonds. The predicted molar refractivity (Wildman–Crippen MR) is 77.4 cm³/mol. The molecule has 106 valence electrons. The van der Waals surface area contributed by atoms with Crippen molar-refractivity contribution in [3.05, 3.63) is 36.4 Å². The van der Waals surface area contributed by atoms with Crippen molar-refractivity contribution in [2.24, 2.45) is 0 Å². The summed E-state index contributed by atoms with van der Waals surface area (Å²) in [5.74, 6) is 0.605. The molecule has 0 unspecified atom stereocenters. The third-order valence-corrected chi connectivity index (χ3v) is 2.57. The summed E-state index contributed by atoms with van der Waals surface area (Å²) in [7, 11) is 1.55. The molecular formula is C15H18FN3O. The van der Waals surface area contributed by atoms with Crippen LogP contribution in [0.2, 0.25) is 0 Å². The third-order valence-electron chi connectivity index (χ3n) is 2.57. The molecule has 0 aliphatic heterocycles. The standard InChI is InChI=1S/C15H18FN3O/c1-15(2,3)19-12-9-10(16)8-11(13(12)20-4)14-17-6-5-7-18-14/h5-9,19H,1-4H3. The highest BCUT2D eigenvalue weighted by Gasteiger charge is 2.19. The van der Waals surface area contributed by atoms with Crippen molar-refractivity contribution in [2.45, 2.75) is 26.3 Å². The van der Waals surface area contributed by atoms with Crippen LogP contribution in [0, 0.1) is 5.82 Å². The summed E-state index contributed by atoms with van der Waals surface area (Å²) >= 11 is 0. The molecular weight excluding hydrogens is 257 g/mol. The van der Waals surface area contributed by atoms with Gasteiger partial charge in [0.25, 0.3) is 0 Å². The molecule has 0 radical (unpaired) electrons. The van der Waals surface area contributed by atoms with Crippen molar-refractivity contribution in [1.29, 1.82) is 0 Å². The molecule has 0 bridgehead atoms. The number of hydrogen-bond acceptors (Lipinski definition) is 4. The van der Waals surface area contributed by atoms with E-state index in [0.29, 0.717) is 22.8 Å². The largest absolute Gasteiger partial charge is 0.494 e. The Bertz CT molecular complexity index is 594.